The van der Waals surface area contributed by atoms with Crippen LogP contribution in [-0.4, -0.2) is 49.6 Å². The average molecular weight is 287 g/mol. The predicted octanol–water partition coefficient (Wildman–Crippen LogP) is 2.46. The third-order valence-electron chi connectivity index (χ3n) is 4.52. The number of para-hydroxylation sites is 1. The first-order valence-electron chi connectivity index (χ1n) is 7.76. The van der Waals surface area contributed by atoms with Crippen LogP contribution < -0.4 is 5.73 Å². The molecule has 0 saturated carbocycles. The zero-order valence-electron chi connectivity index (χ0n) is 13.0. The van der Waals surface area contributed by atoms with Crippen molar-refractivity contribution in [3.63, 3.8) is 0 Å². The van der Waals surface area contributed by atoms with E-state index < -0.39 is 0 Å². The highest BCUT2D eigenvalue weighted by molar-refractivity contribution is 5.77. The average Bonchev–Trinajstić information content (AvgIpc) is 2.91. The van der Waals surface area contributed by atoms with Crippen LogP contribution in [0.2, 0.25) is 0 Å². The monoisotopic (exact) mass is 287 g/mol. The molecule has 4 nitrogen and oxygen atoms in total. The van der Waals surface area contributed by atoms with Gasteiger partial charge in [-0.15, -0.1) is 0 Å². The second-order valence-electron chi connectivity index (χ2n) is 6.29. The minimum Gasteiger partial charge on any atom is -0.459 e. The standard InChI is InChI=1S/C17H25N3O/c1-19-9-5-7-14(11-19)20(2)12-15(18)17-10-13-6-3-4-8-16(13)21-17/h3-4,6,8,10,14-15H,5,7,9,11-12,18H2,1-2H3. The zero-order valence-corrected chi connectivity index (χ0v) is 13.0. The Bertz CT molecular complexity index is 561. The van der Waals surface area contributed by atoms with E-state index in [9.17, 15) is 0 Å². The van der Waals surface area contributed by atoms with Crippen molar-refractivity contribution in [3.05, 3.63) is 36.1 Å². The molecule has 2 aromatic rings. The molecule has 1 fully saturated rings. The van der Waals surface area contributed by atoms with Gasteiger partial charge in [-0.25, -0.2) is 0 Å². The minimum absolute atomic E-state index is 0.0744. The molecule has 0 amide bonds. The quantitative estimate of drug-likeness (QED) is 0.938. The summed E-state index contributed by atoms with van der Waals surface area (Å²) < 4.78 is 5.88. The Kier molecular flexibility index (Phi) is 4.29. The number of hydrogen-bond donors (Lipinski definition) is 1. The lowest BCUT2D eigenvalue weighted by atomic mass is 10.0. The second-order valence-corrected chi connectivity index (χ2v) is 6.29. The molecule has 1 saturated heterocycles. The van der Waals surface area contributed by atoms with Gasteiger partial charge in [-0.05, 0) is 45.6 Å². The topological polar surface area (TPSA) is 45.6 Å². The van der Waals surface area contributed by atoms with Crippen LogP contribution >= 0.6 is 0 Å². The molecule has 1 aliphatic rings. The number of nitrogens with zero attached hydrogens (tertiary/aromatic N) is 2. The number of fused-ring (bicyclic) bond motifs is 1. The van der Waals surface area contributed by atoms with Crippen LogP contribution in [0.15, 0.2) is 34.7 Å². The van der Waals surface area contributed by atoms with Gasteiger partial charge in [0.15, 0.2) is 0 Å². The van der Waals surface area contributed by atoms with E-state index in [4.69, 9.17) is 10.2 Å². The Balaban J connectivity index is 1.66. The highest BCUT2D eigenvalue weighted by atomic mass is 16.3. The molecular formula is C17H25N3O. The molecule has 0 aliphatic carbocycles. The number of benzene rings is 1. The number of likely N-dealkylation sites (N-methyl/N-ethyl adjacent to an activating group) is 2. The van der Waals surface area contributed by atoms with Crippen LogP contribution in [0.3, 0.4) is 0 Å². The van der Waals surface area contributed by atoms with Gasteiger partial charge in [0.25, 0.3) is 0 Å². The largest absolute Gasteiger partial charge is 0.459 e. The number of likely N-dealkylation sites (tertiary alicyclic amines) is 1. The van der Waals surface area contributed by atoms with Crippen molar-refractivity contribution in [2.24, 2.45) is 5.73 Å². The van der Waals surface area contributed by atoms with Gasteiger partial charge >= 0.3 is 0 Å². The molecule has 1 aliphatic heterocycles. The lowest BCUT2D eigenvalue weighted by Crippen LogP contribution is -2.46. The Labute approximate surface area is 126 Å². The van der Waals surface area contributed by atoms with Gasteiger partial charge in [-0.3, -0.25) is 0 Å². The Morgan fingerprint density at radius 2 is 2.24 bits per heavy atom. The van der Waals surface area contributed by atoms with Crippen LogP contribution in [0, 0.1) is 0 Å². The number of piperidine rings is 1. The summed E-state index contributed by atoms with van der Waals surface area (Å²) in [5, 5.41) is 1.13. The van der Waals surface area contributed by atoms with Gasteiger partial charge in [0.2, 0.25) is 0 Å². The molecule has 3 rings (SSSR count). The van der Waals surface area contributed by atoms with E-state index in [2.05, 4.69) is 36.0 Å². The van der Waals surface area contributed by atoms with E-state index in [1.807, 2.05) is 18.2 Å². The third kappa shape index (κ3) is 3.28. The number of hydrogen-bond acceptors (Lipinski definition) is 4. The van der Waals surface area contributed by atoms with E-state index in [-0.39, 0.29) is 6.04 Å². The summed E-state index contributed by atoms with van der Waals surface area (Å²) in [5.74, 6) is 0.882. The molecule has 2 atom stereocenters. The van der Waals surface area contributed by atoms with Gasteiger partial charge in [0.05, 0.1) is 6.04 Å². The van der Waals surface area contributed by atoms with E-state index in [1.54, 1.807) is 0 Å². The molecular weight excluding hydrogens is 262 g/mol. The summed E-state index contributed by atoms with van der Waals surface area (Å²) in [7, 11) is 4.37. The van der Waals surface area contributed by atoms with Crippen LogP contribution in [-0.2, 0) is 0 Å². The minimum atomic E-state index is -0.0744. The molecule has 1 aromatic carbocycles. The maximum absolute atomic E-state index is 6.35. The van der Waals surface area contributed by atoms with Gasteiger partial charge in [-0.1, -0.05) is 18.2 Å². The van der Waals surface area contributed by atoms with Crippen molar-refractivity contribution in [1.82, 2.24) is 9.80 Å². The van der Waals surface area contributed by atoms with Crippen LogP contribution in [0.1, 0.15) is 24.6 Å². The first-order chi connectivity index (χ1) is 10.1. The predicted molar refractivity (Wildman–Crippen MR) is 86.3 cm³/mol. The third-order valence-corrected chi connectivity index (χ3v) is 4.52. The summed E-state index contributed by atoms with van der Waals surface area (Å²) in [5.41, 5.74) is 7.27. The normalized spacial score (nSPS) is 22.0. The maximum atomic E-state index is 6.35. The van der Waals surface area contributed by atoms with Crippen molar-refractivity contribution in [1.29, 1.82) is 0 Å². The van der Waals surface area contributed by atoms with Gasteiger partial charge in [0.1, 0.15) is 11.3 Å². The highest BCUT2D eigenvalue weighted by Crippen LogP contribution is 2.24. The van der Waals surface area contributed by atoms with Crippen molar-refractivity contribution < 1.29 is 4.42 Å². The molecule has 21 heavy (non-hydrogen) atoms. The first-order valence-corrected chi connectivity index (χ1v) is 7.76. The van der Waals surface area contributed by atoms with Crippen molar-refractivity contribution in [2.45, 2.75) is 24.9 Å². The Hall–Kier alpha value is -1.36. The summed E-state index contributed by atoms with van der Waals surface area (Å²) in [4.78, 5) is 4.78. The molecule has 4 heteroatoms. The van der Waals surface area contributed by atoms with Crippen molar-refractivity contribution >= 4 is 11.0 Å². The van der Waals surface area contributed by atoms with Gasteiger partial charge in [0, 0.05) is 24.5 Å². The fourth-order valence-electron chi connectivity index (χ4n) is 3.23. The molecule has 0 spiro atoms. The smallest absolute Gasteiger partial charge is 0.134 e. The van der Waals surface area contributed by atoms with Crippen LogP contribution in [0.4, 0.5) is 0 Å². The zero-order chi connectivity index (χ0) is 14.8. The molecule has 114 valence electrons. The molecule has 0 radical (unpaired) electrons. The number of rotatable bonds is 4. The number of furan rings is 1. The highest BCUT2D eigenvalue weighted by Gasteiger charge is 2.23. The van der Waals surface area contributed by atoms with E-state index in [0.29, 0.717) is 6.04 Å². The van der Waals surface area contributed by atoms with Gasteiger partial charge in [-0.2, -0.15) is 0 Å². The lowest BCUT2D eigenvalue weighted by Gasteiger charge is -2.36. The fourth-order valence-corrected chi connectivity index (χ4v) is 3.23. The second kappa shape index (κ2) is 6.18. The SMILES string of the molecule is CN1CCCC(N(C)CC(N)c2cc3ccccc3o2)C1. The van der Waals surface area contributed by atoms with Crippen LogP contribution in [0.25, 0.3) is 11.0 Å². The lowest BCUT2D eigenvalue weighted by molar-refractivity contribution is 0.127. The van der Waals surface area contributed by atoms with Crippen LogP contribution in [0.5, 0.6) is 0 Å². The van der Waals surface area contributed by atoms with Gasteiger partial charge < -0.3 is 20.0 Å². The van der Waals surface area contributed by atoms with E-state index >= 15 is 0 Å². The van der Waals surface area contributed by atoms with E-state index in [1.165, 1.54) is 19.4 Å². The molecule has 2 N–H and O–H groups in total. The van der Waals surface area contributed by atoms with E-state index in [0.717, 1.165) is 29.8 Å². The molecule has 1 aromatic heterocycles. The Morgan fingerprint density at radius 1 is 1.43 bits per heavy atom. The molecule has 0 bridgehead atoms. The summed E-state index contributed by atoms with van der Waals surface area (Å²) in [6, 6.07) is 10.7. The first kappa shape index (κ1) is 14.6. The summed E-state index contributed by atoms with van der Waals surface area (Å²) in [6.45, 7) is 3.17. The van der Waals surface area contributed by atoms with Crippen molar-refractivity contribution in [2.75, 3.05) is 33.7 Å². The summed E-state index contributed by atoms with van der Waals surface area (Å²) in [6.07, 6.45) is 2.53. The van der Waals surface area contributed by atoms with Crippen molar-refractivity contribution in [3.8, 4) is 0 Å². The summed E-state index contributed by atoms with van der Waals surface area (Å²) >= 11 is 0. The number of nitrogens with two attached hydrogens (primary N) is 1. The Morgan fingerprint density at radius 3 is 3.00 bits per heavy atom. The molecule has 2 heterocycles. The maximum Gasteiger partial charge on any atom is 0.134 e. The fraction of sp³-hybridized carbons (Fsp3) is 0.529. The molecule has 2 unspecified atom stereocenters.